The van der Waals surface area contributed by atoms with Crippen LogP contribution in [0.3, 0.4) is 0 Å². The van der Waals surface area contributed by atoms with Crippen LogP contribution < -0.4 is 5.32 Å². The number of hydrogen-bond acceptors (Lipinski definition) is 4. The molecule has 1 aliphatic rings. The van der Waals surface area contributed by atoms with Gasteiger partial charge in [-0.3, -0.25) is 0 Å². The molecular formula is C12H18N2O2S. The van der Waals surface area contributed by atoms with Gasteiger partial charge < -0.3 is 10.4 Å². The number of thiazole rings is 1. The molecule has 2 N–H and O–H groups in total. The van der Waals surface area contributed by atoms with Crippen LogP contribution in [0, 0.1) is 11.8 Å². The van der Waals surface area contributed by atoms with Crippen LogP contribution >= 0.6 is 11.3 Å². The number of rotatable bonds is 4. The second-order valence-electron chi connectivity index (χ2n) is 4.75. The van der Waals surface area contributed by atoms with Crippen molar-refractivity contribution in [3.05, 3.63) is 11.1 Å². The molecule has 94 valence electrons. The Bertz CT molecular complexity index is 392. The number of nitrogens with one attached hydrogen (secondary N) is 1. The smallest absolute Gasteiger partial charge is 0.355 e. The fourth-order valence-corrected chi connectivity index (χ4v) is 3.06. The summed E-state index contributed by atoms with van der Waals surface area (Å²) in [5.74, 6) is 0.497. The monoisotopic (exact) mass is 254 g/mol. The molecule has 2 unspecified atom stereocenters. The van der Waals surface area contributed by atoms with E-state index in [0.29, 0.717) is 5.92 Å². The molecule has 2 rings (SSSR count). The maximum Gasteiger partial charge on any atom is 0.355 e. The molecule has 0 saturated heterocycles. The number of aromatic nitrogens is 1. The molecule has 0 bridgehead atoms. The van der Waals surface area contributed by atoms with E-state index in [0.717, 1.165) is 17.6 Å². The summed E-state index contributed by atoms with van der Waals surface area (Å²) in [6, 6.07) is 0. The van der Waals surface area contributed by atoms with E-state index in [1.807, 2.05) is 0 Å². The quantitative estimate of drug-likeness (QED) is 0.866. The molecule has 1 heterocycles. The molecule has 17 heavy (non-hydrogen) atoms. The van der Waals surface area contributed by atoms with E-state index in [2.05, 4.69) is 17.2 Å². The molecule has 4 nitrogen and oxygen atoms in total. The number of carboxylic acid groups (broad SMARTS) is 1. The number of carboxylic acids is 1. The van der Waals surface area contributed by atoms with Gasteiger partial charge in [0.15, 0.2) is 10.8 Å². The Labute approximate surface area is 105 Å². The summed E-state index contributed by atoms with van der Waals surface area (Å²) in [6.45, 7) is 3.21. The zero-order chi connectivity index (χ0) is 12.3. The van der Waals surface area contributed by atoms with E-state index in [1.54, 1.807) is 5.38 Å². The van der Waals surface area contributed by atoms with Gasteiger partial charge in [-0.1, -0.05) is 26.2 Å². The second kappa shape index (κ2) is 5.49. The third kappa shape index (κ3) is 3.19. The van der Waals surface area contributed by atoms with Gasteiger partial charge in [-0.15, -0.1) is 11.3 Å². The first kappa shape index (κ1) is 12.4. The maximum atomic E-state index is 10.7. The summed E-state index contributed by atoms with van der Waals surface area (Å²) in [6.07, 6.45) is 5.24. The first-order valence-corrected chi connectivity index (χ1v) is 6.97. The molecule has 0 spiro atoms. The highest BCUT2D eigenvalue weighted by Crippen LogP contribution is 2.30. The molecule has 1 aromatic rings. The lowest BCUT2D eigenvalue weighted by Crippen LogP contribution is -2.24. The SMILES string of the molecule is CC1CCCCC1CNc1nc(C(=O)O)cs1. The van der Waals surface area contributed by atoms with Crippen molar-refractivity contribution >= 4 is 22.4 Å². The zero-order valence-corrected chi connectivity index (χ0v) is 10.8. The Hall–Kier alpha value is -1.10. The van der Waals surface area contributed by atoms with Crippen LogP contribution in [0.2, 0.25) is 0 Å². The van der Waals surface area contributed by atoms with Crippen molar-refractivity contribution < 1.29 is 9.90 Å². The largest absolute Gasteiger partial charge is 0.476 e. The van der Waals surface area contributed by atoms with Crippen molar-refractivity contribution in [1.82, 2.24) is 4.98 Å². The van der Waals surface area contributed by atoms with Crippen LogP contribution in [-0.2, 0) is 0 Å². The van der Waals surface area contributed by atoms with Gasteiger partial charge in [-0.25, -0.2) is 9.78 Å². The predicted octanol–water partition coefficient (Wildman–Crippen LogP) is 3.08. The van der Waals surface area contributed by atoms with Crippen molar-refractivity contribution in [2.75, 3.05) is 11.9 Å². The van der Waals surface area contributed by atoms with Gasteiger partial charge in [-0.2, -0.15) is 0 Å². The van der Waals surface area contributed by atoms with Crippen LogP contribution in [0.1, 0.15) is 43.1 Å². The van der Waals surface area contributed by atoms with Crippen LogP contribution in [0.15, 0.2) is 5.38 Å². The van der Waals surface area contributed by atoms with Crippen LogP contribution in [0.25, 0.3) is 0 Å². The molecule has 2 atom stereocenters. The van der Waals surface area contributed by atoms with Gasteiger partial charge in [0.05, 0.1) is 0 Å². The highest BCUT2D eigenvalue weighted by Gasteiger charge is 2.21. The summed E-state index contributed by atoms with van der Waals surface area (Å²) < 4.78 is 0. The Morgan fingerprint density at radius 3 is 3.00 bits per heavy atom. The van der Waals surface area contributed by atoms with Gasteiger partial charge >= 0.3 is 5.97 Å². The van der Waals surface area contributed by atoms with Gasteiger partial charge in [0, 0.05) is 11.9 Å². The summed E-state index contributed by atoms with van der Waals surface area (Å²) in [5, 5.41) is 14.3. The van der Waals surface area contributed by atoms with Crippen LogP contribution in [0.5, 0.6) is 0 Å². The zero-order valence-electron chi connectivity index (χ0n) is 9.98. The Kier molecular flexibility index (Phi) is 3.99. The van der Waals surface area contributed by atoms with Crippen LogP contribution in [0.4, 0.5) is 5.13 Å². The molecule has 0 aromatic carbocycles. The normalized spacial score (nSPS) is 24.5. The fraction of sp³-hybridized carbons (Fsp3) is 0.667. The first-order valence-electron chi connectivity index (χ1n) is 6.09. The molecule has 0 radical (unpaired) electrons. The average Bonchev–Trinajstić information content (AvgIpc) is 2.77. The number of aromatic carboxylic acids is 1. The van der Waals surface area contributed by atoms with E-state index in [9.17, 15) is 4.79 Å². The minimum absolute atomic E-state index is 0.134. The Morgan fingerprint density at radius 2 is 2.35 bits per heavy atom. The second-order valence-corrected chi connectivity index (χ2v) is 5.60. The standard InChI is InChI=1S/C12H18N2O2S/c1-8-4-2-3-5-9(8)6-13-12-14-10(7-17-12)11(15)16/h7-9H,2-6H2,1H3,(H,13,14)(H,15,16). The van der Waals surface area contributed by atoms with Crippen molar-refractivity contribution in [2.24, 2.45) is 11.8 Å². The minimum Gasteiger partial charge on any atom is -0.476 e. The van der Waals surface area contributed by atoms with E-state index in [4.69, 9.17) is 5.11 Å². The number of hydrogen-bond donors (Lipinski definition) is 2. The molecule has 1 aromatic heterocycles. The lowest BCUT2D eigenvalue weighted by molar-refractivity contribution is 0.0691. The van der Waals surface area contributed by atoms with Crippen molar-refractivity contribution in [3.63, 3.8) is 0 Å². The van der Waals surface area contributed by atoms with E-state index in [1.165, 1.54) is 37.0 Å². The molecule has 1 fully saturated rings. The third-order valence-corrected chi connectivity index (χ3v) is 4.33. The molecule has 1 saturated carbocycles. The van der Waals surface area contributed by atoms with Crippen molar-refractivity contribution in [3.8, 4) is 0 Å². The summed E-state index contributed by atoms with van der Waals surface area (Å²) in [4.78, 5) is 14.7. The lowest BCUT2D eigenvalue weighted by atomic mass is 9.80. The summed E-state index contributed by atoms with van der Waals surface area (Å²) in [5.41, 5.74) is 0.134. The highest BCUT2D eigenvalue weighted by atomic mass is 32.1. The average molecular weight is 254 g/mol. The fourth-order valence-electron chi connectivity index (χ4n) is 2.37. The van der Waals surface area contributed by atoms with E-state index in [-0.39, 0.29) is 5.69 Å². The predicted molar refractivity (Wildman–Crippen MR) is 68.7 cm³/mol. The molecule has 0 aliphatic heterocycles. The number of nitrogens with zero attached hydrogens (tertiary/aromatic N) is 1. The Morgan fingerprint density at radius 1 is 1.59 bits per heavy atom. The minimum atomic E-state index is -0.958. The van der Waals surface area contributed by atoms with E-state index >= 15 is 0 Å². The highest BCUT2D eigenvalue weighted by molar-refractivity contribution is 7.13. The van der Waals surface area contributed by atoms with Gasteiger partial charge in [0.2, 0.25) is 0 Å². The van der Waals surface area contributed by atoms with Crippen LogP contribution in [-0.4, -0.2) is 22.6 Å². The summed E-state index contributed by atoms with van der Waals surface area (Å²) >= 11 is 1.36. The molecule has 1 aliphatic carbocycles. The lowest BCUT2D eigenvalue weighted by Gasteiger charge is -2.28. The molecular weight excluding hydrogens is 236 g/mol. The maximum absolute atomic E-state index is 10.7. The Balaban J connectivity index is 1.86. The molecule has 5 heteroatoms. The van der Waals surface area contributed by atoms with Crippen molar-refractivity contribution in [2.45, 2.75) is 32.6 Å². The number of anilines is 1. The van der Waals surface area contributed by atoms with Gasteiger partial charge in [0.1, 0.15) is 0 Å². The molecule has 0 amide bonds. The summed E-state index contributed by atoms with van der Waals surface area (Å²) in [7, 11) is 0. The van der Waals surface area contributed by atoms with E-state index < -0.39 is 5.97 Å². The van der Waals surface area contributed by atoms with Gasteiger partial charge in [0.25, 0.3) is 0 Å². The van der Waals surface area contributed by atoms with Crippen molar-refractivity contribution in [1.29, 1.82) is 0 Å². The first-order chi connectivity index (χ1) is 8.16. The third-order valence-electron chi connectivity index (χ3n) is 3.53. The number of carbonyl (C=O) groups is 1. The van der Waals surface area contributed by atoms with Gasteiger partial charge in [-0.05, 0) is 18.3 Å². The topological polar surface area (TPSA) is 62.2 Å².